The second-order valence-electron chi connectivity index (χ2n) is 3.77. The highest BCUT2D eigenvalue weighted by Gasteiger charge is 2.19. The highest BCUT2D eigenvalue weighted by atomic mass is 32.2. The molecular weight excluding hydrogens is 238 g/mol. The summed E-state index contributed by atoms with van der Waals surface area (Å²) >= 11 is 3.70. The van der Waals surface area contributed by atoms with Gasteiger partial charge in [0.2, 0.25) is 0 Å². The third kappa shape index (κ3) is 2.63. The largest absolute Gasteiger partial charge is 0.370 e. The van der Waals surface area contributed by atoms with E-state index in [4.69, 9.17) is 0 Å². The van der Waals surface area contributed by atoms with Gasteiger partial charge in [0, 0.05) is 23.6 Å². The van der Waals surface area contributed by atoms with Gasteiger partial charge >= 0.3 is 0 Å². The molecule has 1 aromatic heterocycles. The number of rotatable bonds is 5. The van der Waals surface area contributed by atoms with Gasteiger partial charge in [-0.25, -0.2) is 9.97 Å². The molecular formula is C11H17N3S2. The van der Waals surface area contributed by atoms with E-state index >= 15 is 0 Å². The molecule has 0 saturated heterocycles. The standard InChI is InChI=1S/C11H17N3S2/c1-3-4-12-11-8-5-16-6-9(8)13-10(14-11)7-15-2/h3-7H2,1-2H3,(H,12,13,14). The number of thioether (sulfide) groups is 2. The number of hydrogen-bond donors (Lipinski definition) is 1. The lowest BCUT2D eigenvalue weighted by Crippen LogP contribution is -2.09. The van der Waals surface area contributed by atoms with E-state index < -0.39 is 0 Å². The van der Waals surface area contributed by atoms with E-state index in [9.17, 15) is 0 Å². The van der Waals surface area contributed by atoms with Crippen molar-refractivity contribution >= 4 is 29.3 Å². The number of nitrogens with one attached hydrogen (secondary N) is 1. The van der Waals surface area contributed by atoms with Gasteiger partial charge in [0.15, 0.2) is 0 Å². The minimum absolute atomic E-state index is 0.902. The highest BCUT2D eigenvalue weighted by Crippen LogP contribution is 2.33. The molecule has 0 spiro atoms. The number of anilines is 1. The van der Waals surface area contributed by atoms with E-state index in [0.29, 0.717) is 0 Å². The quantitative estimate of drug-likeness (QED) is 0.875. The van der Waals surface area contributed by atoms with Crippen molar-refractivity contribution in [1.82, 2.24) is 9.97 Å². The van der Waals surface area contributed by atoms with Crippen LogP contribution in [0.4, 0.5) is 5.82 Å². The number of nitrogens with zero attached hydrogens (tertiary/aromatic N) is 2. The number of hydrogen-bond acceptors (Lipinski definition) is 5. The first-order valence-electron chi connectivity index (χ1n) is 5.54. The predicted molar refractivity (Wildman–Crippen MR) is 73.0 cm³/mol. The highest BCUT2D eigenvalue weighted by molar-refractivity contribution is 7.98. The normalized spacial score (nSPS) is 13.9. The Morgan fingerprint density at radius 3 is 3.00 bits per heavy atom. The minimum Gasteiger partial charge on any atom is -0.370 e. The maximum absolute atomic E-state index is 4.62. The first kappa shape index (κ1) is 12.0. The zero-order valence-electron chi connectivity index (χ0n) is 9.75. The summed E-state index contributed by atoms with van der Waals surface area (Å²) in [5.74, 6) is 5.04. The van der Waals surface area contributed by atoms with Gasteiger partial charge in [0.05, 0.1) is 11.4 Å². The molecule has 0 aromatic carbocycles. The smallest absolute Gasteiger partial charge is 0.140 e. The first-order chi connectivity index (χ1) is 7.85. The van der Waals surface area contributed by atoms with E-state index in [1.807, 2.05) is 11.8 Å². The Labute approximate surface area is 105 Å². The van der Waals surface area contributed by atoms with Crippen molar-refractivity contribution in [2.24, 2.45) is 0 Å². The van der Waals surface area contributed by atoms with Gasteiger partial charge in [-0.05, 0) is 12.7 Å². The summed E-state index contributed by atoms with van der Waals surface area (Å²) in [6, 6.07) is 0. The molecule has 0 aliphatic carbocycles. The molecule has 0 radical (unpaired) electrons. The van der Waals surface area contributed by atoms with Crippen molar-refractivity contribution < 1.29 is 0 Å². The SMILES string of the molecule is CCCNc1nc(CSC)nc2c1CSC2. The fraction of sp³-hybridized carbons (Fsp3) is 0.636. The van der Waals surface area contributed by atoms with Crippen LogP contribution < -0.4 is 5.32 Å². The van der Waals surface area contributed by atoms with Gasteiger partial charge < -0.3 is 5.32 Å². The maximum Gasteiger partial charge on any atom is 0.140 e. The van der Waals surface area contributed by atoms with Crippen molar-refractivity contribution in [3.05, 3.63) is 17.1 Å². The van der Waals surface area contributed by atoms with Crippen molar-refractivity contribution in [1.29, 1.82) is 0 Å². The topological polar surface area (TPSA) is 37.8 Å². The molecule has 1 N–H and O–H groups in total. The molecule has 1 aliphatic heterocycles. The average molecular weight is 255 g/mol. The van der Waals surface area contributed by atoms with Crippen LogP contribution in [0, 0.1) is 0 Å². The fourth-order valence-corrected chi connectivity index (χ4v) is 3.11. The minimum atomic E-state index is 0.902. The van der Waals surface area contributed by atoms with Gasteiger partial charge in [-0.2, -0.15) is 23.5 Å². The Morgan fingerprint density at radius 1 is 1.38 bits per heavy atom. The Hall–Kier alpha value is -0.420. The van der Waals surface area contributed by atoms with E-state index in [0.717, 1.165) is 41.9 Å². The molecule has 0 bridgehead atoms. The van der Waals surface area contributed by atoms with Crippen molar-refractivity contribution in [2.45, 2.75) is 30.6 Å². The Kier molecular flexibility index (Phi) is 4.35. The molecule has 3 nitrogen and oxygen atoms in total. The molecule has 0 unspecified atom stereocenters. The molecule has 0 fully saturated rings. The van der Waals surface area contributed by atoms with E-state index in [1.165, 1.54) is 11.3 Å². The van der Waals surface area contributed by atoms with Crippen molar-refractivity contribution in [3.63, 3.8) is 0 Å². The molecule has 0 atom stereocenters. The molecule has 0 saturated carbocycles. The van der Waals surface area contributed by atoms with Crippen LogP contribution in [0.15, 0.2) is 0 Å². The van der Waals surface area contributed by atoms with Crippen LogP contribution in [-0.2, 0) is 17.3 Å². The zero-order chi connectivity index (χ0) is 11.4. The van der Waals surface area contributed by atoms with Gasteiger partial charge in [0.25, 0.3) is 0 Å². The van der Waals surface area contributed by atoms with Gasteiger partial charge in [-0.15, -0.1) is 0 Å². The summed E-state index contributed by atoms with van der Waals surface area (Å²) in [6.45, 7) is 3.17. The van der Waals surface area contributed by atoms with Gasteiger partial charge in [-0.3, -0.25) is 0 Å². The van der Waals surface area contributed by atoms with E-state index in [2.05, 4.69) is 28.5 Å². The molecule has 16 heavy (non-hydrogen) atoms. The monoisotopic (exact) mass is 255 g/mol. The van der Waals surface area contributed by atoms with Crippen LogP contribution in [0.5, 0.6) is 0 Å². The molecule has 0 amide bonds. The van der Waals surface area contributed by atoms with Crippen LogP contribution in [-0.4, -0.2) is 22.8 Å². The summed E-state index contributed by atoms with van der Waals surface area (Å²) in [4.78, 5) is 9.23. The van der Waals surface area contributed by atoms with Crippen LogP contribution >= 0.6 is 23.5 Å². The maximum atomic E-state index is 4.62. The Balaban J connectivity index is 2.25. The summed E-state index contributed by atoms with van der Waals surface area (Å²) in [6.07, 6.45) is 3.22. The third-order valence-corrected chi connectivity index (χ3v) is 3.96. The Bertz CT molecular complexity index is 368. The van der Waals surface area contributed by atoms with Crippen molar-refractivity contribution in [2.75, 3.05) is 18.1 Å². The van der Waals surface area contributed by atoms with Crippen LogP contribution in [0.3, 0.4) is 0 Å². The summed E-state index contributed by atoms with van der Waals surface area (Å²) < 4.78 is 0. The second kappa shape index (κ2) is 5.77. The van der Waals surface area contributed by atoms with E-state index in [1.54, 1.807) is 11.8 Å². The summed E-state index contributed by atoms with van der Waals surface area (Å²) in [5, 5.41) is 3.42. The predicted octanol–water partition coefficient (Wildman–Crippen LogP) is 2.91. The number of aromatic nitrogens is 2. The van der Waals surface area contributed by atoms with Gasteiger partial charge in [-0.1, -0.05) is 6.92 Å². The van der Waals surface area contributed by atoms with Crippen LogP contribution in [0.2, 0.25) is 0 Å². The lowest BCUT2D eigenvalue weighted by atomic mass is 10.2. The third-order valence-electron chi connectivity index (χ3n) is 2.44. The van der Waals surface area contributed by atoms with Gasteiger partial charge in [0.1, 0.15) is 11.6 Å². The molecule has 2 rings (SSSR count). The number of fused-ring (bicyclic) bond motifs is 1. The Morgan fingerprint density at radius 2 is 2.25 bits per heavy atom. The van der Waals surface area contributed by atoms with E-state index in [-0.39, 0.29) is 0 Å². The molecule has 5 heteroatoms. The molecule has 1 aliphatic rings. The first-order valence-corrected chi connectivity index (χ1v) is 8.09. The van der Waals surface area contributed by atoms with Crippen molar-refractivity contribution in [3.8, 4) is 0 Å². The lowest BCUT2D eigenvalue weighted by molar-refractivity contribution is 0.929. The molecule has 88 valence electrons. The lowest BCUT2D eigenvalue weighted by Gasteiger charge is -2.10. The molecule has 1 aromatic rings. The van der Waals surface area contributed by atoms with Crippen LogP contribution in [0.1, 0.15) is 30.4 Å². The zero-order valence-corrected chi connectivity index (χ0v) is 11.4. The summed E-state index contributed by atoms with van der Waals surface area (Å²) in [7, 11) is 0. The second-order valence-corrected chi connectivity index (χ2v) is 5.62. The van der Waals surface area contributed by atoms with Crippen LogP contribution in [0.25, 0.3) is 0 Å². The average Bonchev–Trinajstić information content (AvgIpc) is 2.74. The summed E-state index contributed by atoms with van der Waals surface area (Å²) in [5.41, 5.74) is 2.56. The fourth-order valence-electron chi connectivity index (χ4n) is 1.69. The molecule has 2 heterocycles.